The van der Waals surface area contributed by atoms with Gasteiger partial charge in [0.05, 0.1) is 27.5 Å². The molecular weight excluding hydrogens is 597 g/mol. The molecule has 0 radical (unpaired) electrons. The minimum absolute atomic E-state index is 0.903. The van der Waals surface area contributed by atoms with Crippen molar-refractivity contribution in [3.05, 3.63) is 170 Å². The van der Waals surface area contributed by atoms with Crippen LogP contribution >= 0.6 is 0 Å². The third-order valence-corrected chi connectivity index (χ3v) is 10.3. The fourth-order valence-corrected chi connectivity index (χ4v) is 8.07. The lowest BCUT2D eigenvalue weighted by atomic mass is 10.0. The minimum Gasteiger partial charge on any atom is -0.456 e. The van der Waals surface area contributed by atoms with Crippen LogP contribution in [0.5, 0.6) is 0 Å². The fraction of sp³-hybridized carbons (Fsp3) is 0. The van der Waals surface area contributed by atoms with E-state index in [9.17, 15) is 0 Å². The van der Waals surface area contributed by atoms with Gasteiger partial charge in [0.25, 0.3) is 0 Å². The van der Waals surface area contributed by atoms with Crippen LogP contribution in [0.2, 0.25) is 0 Å². The predicted octanol–water partition coefficient (Wildman–Crippen LogP) is 12.6. The number of fused-ring (bicyclic) bond motifs is 11. The summed E-state index contributed by atoms with van der Waals surface area (Å²) in [5, 5.41) is 9.73. The first-order valence-corrected chi connectivity index (χ1v) is 16.8. The van der Waals surface area contributed by atoms with Crippen LogP contribution in [0, 0.1) is 0 Å². The highest BCUT2D eigenvalue weighted by Gasteiger charge is 2.22. The molecule has 8 aromatic carbocycles. The van der Waals surface area contributed by atoms with Crippen LogP contribution in [0.15, 0.2) is 174 Å². The lowest BCUT2D eigenvalue weighted by Crippen LogP contribution is -1.96. The first-order valence-electron chi connectivity index (χ1n) is 16.8. The molecule has 11 aromatic rings. The zero-order chi connectivity index (χ0) is 32.1. The van der Waals surface area contributed by atoms with Gasteiger partial charge in [0.15, 0.2) is 0 Å². The monoisotopic (exact) mass is 624 g/mol. The Bertz CT molecular complexity index is 3090. The summed E-state index contributed by atoms with van der Waals surface area (Å²) < 4.78 is 11.2. The summed E-state index contributed by atoms with van der Waals surface area (Å²) in [5.74, 6) is 0. The van der Waals surface area contributed by atoms with Crippen molar-refractivity contribution < 1.29 is 4.42 Å². The number of nitrogens with zero attached hydrogens (tertiary/aromatic N) is 2. The van der Waals surface area contributed by atoms with E-state index in [2.05, 4.69) is 173 Å². The normalized spacial score (nSPS) is 12.1. The molecule has 0 bridgehead atoms. The lowest BCUT2D eigenvalue weighted by Gasteiger charge is -2.11. The van der Waals surface area contributed by atoms with Gasteiger partial charge in [-0.1, -0.05) is 103 Å². The summed E-state index contributed by atoms with van der Waals surface area (Å²) in [5.41, 5.74) is 11.2. The van der Waals surface area contributed by atoms with Crippen LogP contribution in [0.25, 0.3) is 98.8 Å². The molecule has 3 heterocycles. The summed E-state index contributed by atoms with van der Waals surface area (Å²) in [6, 6.07) is 61.3. The van der Waals surface area contributed by atoms with Gasteiger partial charge in [-0.25, -0.2) is 0 Å². The number of hydrogen-bond acceptors (Lipinski definition) is 1. The van der Waals surface area contributed by atoms with Crippen LogP contribution in [0.4, 0.5) is 0 Å². The molecule has 3 aromatic heterocycles. The molecule has 0 spiro atoms. The highest BCUT2D eigenvalue weighted by Crippen LogP contribution is 2.44. The second-order valence-corrected chi connectivity index (χ2v) is 13.0. The molecule has 0 amide bonds. The highest BCUT2D eigenvalue weighted by atomic mass is 16.3. The van der Waals surface area contributed by atoms with Gasteiger partial charge >= 0.3 is 0 Å². The van der Waals surface area contributed by atoms with E-state index in [-0.39, 0.29) is 0 Å². The average Bonchev–Trinajstić information content (AvgIpc) is 3.81. The number of furan rings is 1. The van der Waals surface area contributed by atoms with Gasteiger partial charge in [-0.15, -0.1) is 0 Å². The largest absolute Gasteiger partial charge is 0.456 e. The third kappa shape index (κ3) is 3.78. The van der Waals surface area contributed by atoms with Gasteiger partial charge in [-0.05, 0) is 88.6 Å². The van der Waals surface area contributed by atoms with Gasteiger partial charge in [0, 0.05) is 38.3 Å². The smallest absolute Gasteiger partial charge is 0.137 e. The van der Waals surface area contributed by atoms with E-state index in [0.29, 0.717) is 0 Å². The van der Waals surface area contributed by atoms with Crippen molar-refractivity contribution in [3.8, 4) is 22.5 Å². The quantitative estimate of drug-likeness (QED) is 0.192. The van der Waals surface area contributed by atoms with E-state index in [1.54, 1.807) is 0 Å². The van der Waals surface area contributed by atoms with Crippen LogP contribution < -0.4 is 0 Å². The molecule has 0 fully saturated rings. The van der Waals surface area contributed by atoms with Crippen LogP contribution in [-0.2, 0) is 0 Å². The van der Waals surface area contributed by atoms with Crippen molar-refractivity contribution in [2.75, 3.05) is 0 Å². The molecule has 3 nitrogen and oxygen atoms in total. The van der Waals surface area contributed by atoms with Crippen molar-refractivity contribution in [2.45, 2.75) is 0 Å². The van der Waals surface area contributed by atoms with E-state index < -0.39 is 0 Å². The van der Waals surface area contributed by atoms with Crippen molar-refractivity contribution >= 4 is 76.3 Å². The Morgan fingerprint density at radius 3 is 1.90 bits per heavy atom. The Balaban J connectivity index is 1.21. The summed E-state index contributed by atoms with van der Waals surface area (Å²) in [6.07, 6.45) is 0. The zero-order valence-electron chi connectivity index (χ0n) is 26.5. The Kier molecular flexibility index (Phi) is 5.38. The van der Waals surface area contributed by atoms with Gasteiger partial charge in [-0.2, -0.15) is 0 Å². The first kappa shape index (κ1) is 26.5. The molecule has 228 valence electrons. The Hall–Kier alpha value is -6.58. The van der Waals surface area contributed by atoms with Crippen LogP contribution in [-0.4, -0.2) is 9.13 Å². The molecule has 0 saturated heterocycles. The number of rotatable bonds is 3. The average molecular weight is 625 g/mol. The van der Waals surface area contributed by atoms with E-state index in [1.807, 2.05) is 6.07 Å². The summed E-state index contributed by atoms with van der Waals surface area (Å²) >= 11 is 0. The number of benzene rings is 8. The van der Waals surface area contributed by atoms with Gasteiger partial charge in [0.1, 0.15) is 11.2 Å². The number of hydrogen-bond donors (Lipinski definition) is 0. The number of aromatic nitrogens is 2. The van der Waals surface area contributed by atoms with Crippen molar-refractivity contribution in [1.29, 1.82) is 0 Å². The van der Waals surface area contributed by atoms with Crippen molar-refractivity contribution in [2.24, 2.45) is 0 Å². The summed E-state index contributed by atoms with van der Waals surface area (Å²) in [7, 11) is 0. The maximum Gasteiger partial charge on any atom is 0.137 e. The molecular formula is C46H28N2O. The molecule has 0 atom stereocenters. The lowest BCUT2D eigenvalue weighted by molar-refractivity contribution is 0.669. The second kappa shape index (κ2) is 9.96. The maximum absolute atomic E-state index is 6.39. The highest BCUT2D eigenvalue weighted by molar-refractivity contribution is 6.27. The topological polar surface area (TPSA) is 23.0 Å². The van der Waals surface area contributed by atoms with Crippen LogP contribution in [0.1, 0.15) is 0 Å². The SMILES string of the molecule is c1ccc(-n2c3cc4c(cc3c3ccc5oc6ccccc6c5c32)c2ccccc2n4-c2ccc(-c3ccc4ccccc4c3)cc2)cc1. The van der Waals surface area contributed by atoms with Gasteiger partial charge in [-0.3, -0.25) is 0 Å². The molecule has 0 aliphatic rings. The Morgan fingerprint density at radius 1 is 0.347 bits per heavy atom. The van der Waals surface area contributed by atoms with Gasteiger partial charge < -0.3 is 13.6 Å². The first-order chi connectivity index (χ1) is 24.3. The van der Waals surface area contributed by atoms with Crippen LogP contribution in [0.3, 0.4) is 0 Å². The molecule has 11 rings (SSSR count). The Morgan fingerprint density at radius 2 is 1.02 bits per heavy atom. The van der Waals surface area contributed by atoms with E-state index in [1.165, 1.54) is 65.5 Å². The predicted molar refractivity (Wildman–Crippen MR) is 205 cm³/mol. The zero-order valence-corrected chi connectivity index (χ0v) is 26.5. The van der Waals surface area contributed by atoms with E-state index >= 15 is 0 Å². The summed E-state index contributed by atoms with van der Waals surface area (Å²) in [6.45, 7) is 0. The number of para-hydroxylation sites is 3. The van der Waals surface area contributed by atoms with E-state index in [4.69, 9.17) is 4.42 Å². The molecule has 0 unspecified atom stereocenters. The molecule has 3 heteroatoms. The fourth-order valence-electron chi connectivity index (χ4n) is 8.07. The molecule has 0 aliphatic carbocycles. The molecule has 0 N–H and O–H groups in total. The molecule has 49 heavy (non-hydrogen) atoms. The van der Waals surface area contributed by atoms with Crippen molar-refractivity contribution in [3.63, 3.8) is 0 Å². The standard InChI is InChI=1S/C46H28N2O/c1-2-12-33(13-3-1)48-42-28-41-38(27-39(42)36-24-25-44-45(46(36)48)37-15-7-9-17-43(37)49-44)35-14-6-8-16-40(35)47(41)34-22-20-30(21-23-34)32-19-18-29-10-4-5-11-31(29)26-32/h1-28H. The maximum atomic E-state index is 6.39. The second-order valence-electron chi connectivity index (χ2n) is 13.0. The minimum atomic E-state index is 0.903. The van der Waals surface area contributed by atoms with Crippen molar-refractivity contribution in [1.82, 2.24) is 9.13 Å². The van der Waals surface area contributed by atoms with Gasteiger partial charge in [0.2, 0.25) is 0 Å². The Labute approximate surface area is 281 Å². The molecule has 0 saturated carbocycles. The van der Waals surface area contributed by atoms with E-state index in [0.717, 1.165) is 33.3 Å². The third-order valence-electron chi connectivity index (χ3n) is 10.3. The summed E-state index contributed by atoms with van der Waals surface area (Å²) in [4.78, 5) is 0. The molecule has 0 aliphatic heterocycles.